The molecule has 0 bridgehead atoms. The van der Waals surface area contributed by atoms with Crippen LogP contribution in [0.3, 0.4) is 0 Å². The lowest BCUT2D eigenvalue weighted by atomic mass is 10.0. The minimum absolute atomic E-state index is 0. The highest BCUT2D eigenvalue weighted by atomic mass is 35.5. The molecule has 1 heterocycles. The lowest BCUT2D eigenvalue weighted by molar-refractivity contribution is -0.857. The first-order valence-electron chi connectivity index (χ1n) is 9.17. The molecule has 2 aromatic rings. The summed E-state index contributed by atoms with van der Waals surface area (Å²) >= 11 is 0. The molecule has 0 fully saturated rings. The number of nitrogens with one attached hydrogen (secondary N) is 2. The number of anilines is 3. The van der Waals surface area contributed by atoms with Gasteiger partial charge in [-0.1, -0.05) is 24.3 Å². The van der Waals surface area contributed by atoms with Gasteiger partial charge in [-0.05, 0) is 42.2 Å². The van der Waals surface area contributed by atoms with E-state index in [2.05, 4.69) is 16.1 Å². The van der Waals surface area contributed by atoms with Crippen molar-refractivity contribution in [2.75, 3.05) is 38.0 Å². The summed E-state index contributed by atoms with van der Waals surface area (Å²) in [5.74, 6) is 0.0574. The third kappa shape index (κ3) is 4.82. The summed E-state index contributed by atoms with van der Waals surface area (Å²) in [5.41, 5.74) is 4.60. The maximum Gasteiger partial charge on any atom is 0.411 e. The van der Waals surface area contributed by atoms with Crippen molar-refractivity contribution in [2.24, 2.45) is 0 Å². The summed E-state index contributed by atoms with van der Waals surface area (Å²) in [4.78, 5) is 27.8. The number of nitrogens with zero attached hydrogens (tertiary/aromatic N) is 1. The number of methoxy groups -OCH3 is 1. The van der Waals surface area contributed by atoms with Gasteiger partial charge in [-0.15, -0.1) is 0 Å². The number of carbonyl (C=O) groups excluding carboxylic acids is 2. The molecule has 0 radical (unpaired) electrons. The Morgan fingerprint density at radius 1 is 1.07 bits per heavy atom. The lowest BCUT2D eigenvalue weighted by Crippen LogP contribution is -3.05. The normalized spacial score (nSPS) is 12.4. The fraction of sp³-hybridized carbons (Fsp3) is 0.333. The smallest absolute Gasteiger partial charge is 0.411 e. The van der Waals surface area contributed by atoms with Gasteiger partial charge in [0, 0.05) is 5.69 Å². The van der Waals surface area contributed by atoms with Gasteiger partial charge in [-0.2, -0.15) is 0 Å². The highest BCUT2D eigenvalue weighted by molar-refractivity contribution is 6.03. The van der Waals surface area contributed by atoms with Crippen LogP contribution in [0.5, 0.6) is 0 Å². The van der Waals surface area contributed by atoms with Gasteiger partial charge in [-0.3, -0.25) is 15.0 Å². The summed E-state index contributed by atoms with van der Waals surface area (Å²) in [6.07, 6.45) is 1.63. The molecule has 0 aromatic heterocycles. The number of amides is 2. The van der Waals surface area contributed by atoms with Gasteiger partial charge in [0.1, 0.15) is 0 Å². The zero-order valence-corrected chi connectivity index (χ0v) is 17.2. The molecular weight excluding hydrogens is 378 g/mol. The average molecular weight is 404 g/mol. The number of aryl methyl sites for hydroxylation is 2. The largest absolute Gasteiger partial charge is 1.00 e. The Hall–Kier alpha value is -2.57. The Balaban J connectivity index is 0.00000280. The second-order valence-corrected chi connectivity index (χ2v) is 7.03. The van der Waals surface area contributed by atoms with Crippen LogP contribution in [0.1, 0.15) is 17.5 Å². The van der Waals surface area contributed by atoms with Crippen LogP contribution >= 0.6 is 0 Å². The second-order valence-electron chi connectivity index (χ2n) is 7.03. The molecule has 28 heavy (non-hydrogen) atoms. The third-order valence-corrected chi connectivity index (χ3v) is 4.74. The molecule has 0 saturated heterocycles. The molecule has 0 atom stereocenters. The van der Waals surface area contributed by atoms with Crippen molar-refractivity contribution in [3.63, 3.8) is 0 Å². The Kier molecular flexibility index (Phi) is 7.43. The maximum atomic E-state index is 13.2. The highest BCUT2D eigenvalue weighted by Crippen LogP contribution is 2.38. The SMILES string of the molecule is COC(=O)Nc1ccc2c(c1)N(C(=O)CC[NH+](C)C)c1ccccc1CC2.[Cl-]. The van der Waals surface area contributed by atoms with Crippen LogP contribution in [0.2, 0.25) is 0 Å². The van der Waals surface area contributed by atoms with Crippen LogP contribution in [-0.2, 0) is 22.4 Å². The number of hydrogen-bond acceptors (Lipinski definition) is 3. The monoisotopic (exact) mass is 403 g/mol. The molecule has 0 aliphatic carbocycles. The first-order valence-corrected chi connectivity index (χ1v) is 9.17. The Bertz CT molecular complexity index is 855. The molecule has 2 N–H and O–H groups in total. The average Bonchev–Trinajstić information content (AvgIpc) is 2.82. The first kappa shape index (κ1) is 21.7. The summed E-state index contributed by atoms with van der Waals surface area (Å²) in [5, 5.41) is 2.69. The molecule has 7 heteroatoms. The zero-order chi connectivity index (χ0) is 19.4. The van der Waals surface area contributed by atoms with Gasteiger partial charge < -0.3 is 22.0 Å². The summed E-state index contributed by atoms with van der Waals surface area (Å²) in [7, 11) is 5.40. The topological polar surface area (TPSA) is 63.1 Å². The van der Waals surface area contributed by atoms with Gasteiger partial charge in [-0.25, -0.2) is 4.79 Å². The van der Waals surface area contributed by atoms with Crippen molar-refractivity contribution >= 4 is 29.1 Å². The van der Waals surface area contributed by atoms with Crippen molar-refractivity contribution in [3.8, 4) is 0 Å². The van der Waals surface area contributed by atoms with Crippen molar-refractivity contribution in [2.45, 2.75) is 19.3 Å². The standard InChI is InChI=1S/C21H25N3O3.ClH/c1-23(2)13-12-20(25)24-18-7-5-4-6-15(18)8-9-16-10-11-17(14-19(16)24)22-21(26)27-3;/h4-7,10-11,14H,8-9,12-13H2,1-3H3,(H,22,26);1H. The van der Waals surface area contributed by atoms with E-state index in [0.29, 0.717) is 12.1 Å². The lowest BCUT2D eigenvalue weighted by Gasteiger charge is -2.26. The Morgan fingerprint density at radius 3 is 2.43 bits per heavy atom. The van der Waals surface area contributed by atoms with E-state index < -0.39 is 6.09 Å². The number of para-hydroxylation sites is 1. The van der Waals surface area contributed by atoms with E-state index >= 15 is 0 Å². The zero-order valence-electron chi connectivity index (χ0n) is 16.4. The van der Waals surface area contributed by atoms with E-state index in [-0.39, 0.29) is 18.3 Å². The maximum absolute atomic E-state index is 13.2. The van der Waals surface area contributed by atoms with Gasteiger partial charge in [0.25, 0.3) is 0 Å². The van der Waals surface area contributed by atoms with Crippen LogP contribution < -0.4 is 27.5 Å². The van der Waals surface area contributed by atoms with E-state index in [0.717, 1.165) is 41.9 Å². The molecule has 1 aliphatic rings. The van der Waals surface area contributed by atoms with Crippen molar-refractivity contribution in [3.05, 3.63) is 53.6 Å². The van der Waals surface area contributed by atoms with Gasteiger partial charge in [0.15, 0.2) is 0 Å². The van der Waals surface area contributed by atoms with E-state index in [9.17, 15) is 9.59 Å². The number of carbonyl (C=O) groups is 2. The predicted molar refractivity (Wildman–Crippen MR) is 106 cm³/mol. The predicted octanol–water partition coefficient (Wildman–Crippen LogP) is -0.833. The fourth-order valence-corrected chi connectivity index (χ4v) is 3.31. The van der Waals surface area contributed by atoms with Gasteiger partial charge >= 0.3 is 6.09 Å². The van der Waals surface area contributed by atoms with E-state index in [4.69, 9.17) is 0 Å². The number of hydrogen-bond donors (Lipinski definition) is 2. The second kappa shape index (κ2) is 9.57. The molecule has 0 saturated carbocycles. The number of ether oxygens (including phenoxy) is 1. The first-order chi connectivity index (χ1) is 13.0. The molecule has 1 aliphatic heterocycles. The van der Waals surface area contributed by atoms with Crippen molar-refractivity contribution in [1.82, 2.24) is 0 Å². The Morgan fingerprint density at radius 2 is 1.75 bits per heavy atom. The molecule has 2 aromatic carbocycles. The van der Waals surface area contributed by atoms with Crippen LogP contribution in [-0.4, -0.2) is 39.8 Å². The molecule has 2 amide bonds. The van der Waals surface area contributed by atoms with Crippen LogP contribution in [0, 0.1) is 0 Å². The van der Waals surface area contributed by atoms with E-state index in [1.54, 1.807) is 0 Å². The summed E-state index contributed by atoms with van der Waals surface area (Å²) in [6.45, 7) is 0.757. The molecule has 0 spiro atoms. The number of benzene rings is 2. The minimum Gasteiger partial charge on any atom is -1.00 e. The van der Waals surface area contributed by atoms with Crippen LogP contribution in [0.25, 0.3) is 0 Å². The third-order valence-electron chi connectivity index (χ3n) is 4.74. The van der Waals surface area contributed by atoms with Gasteiger partial charge in [0.05, 0.1) is 45.5 Å². The molecule has 3 rings (SSSR count). The van der Waals surface area contributed by atoms with Gasteiger partial charge in [0.2, 0.25) is 5.91 Å². The number of rotatable bonds is 4. The molecular formula is C21H26ClN3O3. The quantitative estimate of drug-likeness (QED) is 0.700. The number of halogens is 1. The summed E-state index contributed by atoms with van der Waals surface area (Å²) < 4.78 is 4.69. The van der Waals surface area contributed by atoms with E-state index in [1.807, 2.05) is 55.4 Å². The number of quaternary nitrogens is 1. The molecule has 6 nitrogen and oxygen atoms in total. The molecule has 150 valence electrons. The van der Waals surface area contributed by atoms with Crippen molar-refractivity contribution < 1.29 is 31.6 Å². The number of fused-ring (bicyclic) bond motifs is 2. The fourth-order valence-electron chi connectivity index (χ4n) is 3.31. The minimum atomic E-state index is -0.530. The summed E-state index contributed by atoms with van der Waals surface area (Å²) in [6, 6.07) is 13.7. The molecule has 0 unspecified atom stereocenters. The van der Waals surface area contributed by atoms with Crippen molar-refractivity contribution in [1.29, 1.82) is 0 Å². The highest BCUT2D eigenvalue weighted by Gasteiger charge is 2.26. The van der Waals surface area contributed by atoms with Crippen LogP contribution in [0.4, 0.5) is 21.9 Å². The van der Waals surface area contributed by atoms with E-state index in [1.165, 1.54) is 12.0 Å². The van der Waals surface area contributed by atoms with Crippen LogP contribution in [0.15, 0.2) is 42.5 Å². The Labute approximate surface area is 171 Å².